The SMILES string of the molecule is CC(C)CCC[C@@H](C)[C@H]1CC[C@H]2[C@@H]3CCC4=[13CH][13C](=O)CC[C@]4(C)[C@H]3CC[C@]12C. The van der Waals surface area contributed by atoms with Crippen LogP contribution < -0.4 is 0 Å². The number of fused-ring (bicyclic) bond motifs is 5. The van der Waals surface area contributed by atoms with Crippen molar-refractivity contribution in [2.24, 2.45) is 46.3 Å². The summed E-state index contributed by atoms with van der Waals surface area (Å²) < 4.78 is 0. The van der Waals surface area contributed by atoms with Gasteiger partial charge in [0.15, 0.2) is 5.78 Å². The van der Waals surface area contributed by atoms with Crippen molar-refractivity contribution < 1.29 is 4.79 Å². The molecule has 0 heterocycles. The molecule has 0 aromatic rings. The third-order valence-corrected chi connectivity index (χ3v) is 10.2. The Kier molecular flexibility index (Phi) is 5.60. The summed E-state index contributed by atoms with van der Waals surface area (Å²) >= 11 is 0. The average molecular weight is 387 g/mol. The molecule has 0 aromatic heterocycles. The summed E-state index contributed by atoms with van der Waals surface area (Å²) in [6, 6.07) is 0. The number of allylic oxidation sites excluding steroid dienone is 1. The minimum absolute atomic E-state index is 0.332. The molecule has 7 atom stereocenters. The molecule has 0 bridgehead atoms. The highest BCUT2D eigenvalue weighted by molar-refractivity contribution is 5.91. The van der Waals surface area contributed by atoms with Gasteiger partial charge >= 0.3 is 0 Å². The molecule has 0 radical (unpaired) electrons. The van der Waals surface area contributed by atoms with Crippen LogP contribution in [0.25, 0.3) is 0 Å². The van der Waals surface area contributed by atoms with Crippen molar-refractivity contribution in [3.8, 4) is 0 Å². The van der Waals surface area contributed by atoms with Crippen LogP contribution in [0.1, 0.15) is 105 Å². The van der Waals surface area contributed by atoms with Crippen LogP contribution in [-0.4, -0.2) is 5.78 Å². The van der Waals surface area contributed by atoms with E-state index in [2.05, 4.69) is 40.7 Å². The number of ketones is 1. The van der Waals surface area contributed by atoms with E-state index in [9.17, 15) is 4.79 Å². The number of hydrogen-bond donors (Lipinski definition) is 0. The Labute approximate surface area is 174 Å². The number of hydrogen-bond acceptors (Lipinski definition) is 1. The van der Waals surface area contributed by atoms with Crippen LogP contribution in [-0.2, 0) is 4.79 Å². The molecule has 0 saturated heterocycles. The summed E-state index contributed by atoms with van der Waals surface area (Å²) in [6.07, 6.45) is 16.6. The molecule has 4 aliphatic rings. The third kappa shape index (κ3) is 3.33. The van der Waals surface area contributed by atoms with Crippen LogP contribution in [0.4, 0.5) is 0 Å². The van der Waals surface area contributed by atoms with Crippen molar-refractivity contribution >= 4 is 5.78 Å². The Morgan fingerprint density at radius 3 is 2.50 bits per heavy atom. The Bertz CT molecular complexity index is 630. The van der Waals surface area contributed by atoms with E-state index in [0.29, 0.717) is 16.6 Å². The van der Waals surface area contributed by atoms with Crippen LogP contribution in [0, 0.1) is 46.3 Å². The lowest BCUT2D eigenvalue weighted by molar-refractivity contribution is -0.117. The second kappa shape index (κ2) is 7.59. The summed E-state index contributed by atoms with van der Waals surface area (Å²) in [5, 5.41) is 0. The third-order valence-electron chi connectivity index (χ3n) is 10.2. The summed E-state index contributed by atoms with van der Waals surface area (Å²) in [5.74, 6) is 5.79. The quantitative estimate of drug-likeness (QED) is 0.445. The van der Waals surface area contributed by atoms with Gasteiger partial charge in [-0.1, -0.05) is 59.5 Å². The molecule has 158 valence electrons. The molecule has 0 spiro atoms. The maximum Gasteiger partial charge on any atom is 0.155 e. The van der Waals surface area contributed by atoms with Crippen molar-refractivity contribution in [3.63, 3.8) is 0 Å². The molecule has 3 fully saturated rings. The fourth-order valence-electron chi connectivity index (χ4n) is 8.58. The predicted octanol–water partition coefficient (Wildman–Crippen LogP) is 7.60. The molecule has 3 saturated carbocycles. The molecule has 0 N–H and O–H groups in total. The molecule has 0 aromatic carbocycles. The number of rotatable bonds is 5. The zero-order chi connectivity index (χ0) is 20.1. The lowest BCUT2D eigenvalue weighted by Gasteiger charge is -2.58. The largest absolute Gasteiger partial charge is 0.295 e. The fourth-order valence-corrected chi connectivity index (χ4v) is 8.58. The van der Waals surface area contributed by atoms with Crippen molar-refractivity contribution in [3.05, 3.63) is 11.6 Å². The lowest BCUT2D eigenvalue weighted by Crippen LogP contribution is -2.50. The van der Waals surface area contributed by atoms with E-state index in [0.717, 1.165) is 48.3 Å². The molecule has 4 aliphatic carbocycles. The fraction of sp³-hybridized carbons (Fsp3) is 0.889. The molecule has 0 amide bonds. The van der Waals surface area contributed by atoms with Crippen molar-refractivity contribution in [2.45, 2.75) is 105 Å². The Morgan fingerprint density at radius 2 is 1.75 bits per heavy atom. The zero-order valence-electron chi connectivity index (χ0n) is 19.2. The molecule has 4 rings (SSSR count). The van der Waals surface area contributed by atoms with Gasteiger partial charge in [0.1, 0.15) is 0 Å². The zero-order valence-corrected chi connectivity index (χ0v) is 19.2. The standard InChI is InChI=1S/C27H44O/c1-18(2)7-6-8-19(3)23-11-12-24-22-10-9-20-17-21(28)13-15-26(20,4)25(22)14-16-27(23,24)5/h17-19,22-25H,6-16H2,1-5H3/t19-,22+,23-,24+,25+,26+,27-/m1/s1/i17+1,21+1. The molecule has 0 unspecified atom stereocenters. The Morgan fingerprint density at radius 1 is 0.964 bits per heavy atom. The first-order valence-corrected chi connectivity index (χ1v) is 12.5. The Hall–Kier alpha value is -0.590. The van der Waals surface area contributed by atoms with Gasteiger partial charge < -0.3 is 0 Å². The van der Waals surface area contributed by atoms with Gasteiger partial charge in [-0.25, -0.2) is 0 Å². The van der Waals surface area contributed by atoms with Gasteiger partial charge in [0.2, 0.25) is 0 Å². The molecule has 1 nitrogen and oxygen atoms in total. The van der Waals surface area contributed by atoms with E-state index in [1.54, 1.807) is 0 Å². The topological polar surface area (TPSA) is 17.1 Å². The van der Waals surface area contributed by atoms with Crippen LogP contribution in [0.5, 0.6) is 0 Å². The van der Waals surface area contributed by atoms with Crippen molar-refractivity contribution in [1.82, 2.24) is 0 Å². The van der Waals surface area contributed by atoms with Gasteiger partial charge in [-0.05, 0) is 97.4 Å². The first-order valence-electron chi connectivity index (χ1n) is 12.5. The summed E-state index contributed by atoms with van der Waals surface area (Å²) in [7, 11) is 0. The van der Waals surface area contributed by atoms with Gasteiger partial charge in [0.05, 0.1) is 0 Å². The monoisotopic (exact) mass is 386 g/mol. The van der Waals surface area contributed by atoms with Gasteiger partial charge in [-0.15, -0.1) is 0 Å². The van der Waals surface area contributed by atoms with Crippen molar-refractivity contribution in [1.29, 1.82) is 0 Å². The maximum atomic E-state index is 12.0. The number of carbonyl (C=O) groups is 1. The van der Waals surface area contributed by atoms with E-state index in [1.807, 2.05) is 0 Å². The van der Waals surface area contributed by atoms with E-state index >= 15 is 0 Å². The maximum absolute atomic E-state index is 12.0. The highest BCUT2D eigenvalue weighted by atomic mass is 16.2. The molecule has 28 heavy (non-hydrogen) atoms. The van der Waals surface area contributed by atoms with Crippen molar-refractivity contribution in [2.75, 3.05) is 0 Å². The summed E-state index contributed by atoms with van der Waals surface area (Å²) in [4.78, 5) is 12.0. The number of carbonyl (C=O) groups excluding carboxylic acids is 1. The van der Waals surface area contributed by atoms with Gasteiger partial charge in [0, 0.05) is 6.42 Å². The summed E-state index contributed by atoms with van der Waals surface area (Å²) in [5.41, 5.74) is 2.43. The van der Waals surface area contributed by atoms with Crippen LogP contribution in [0.2, 0.25) is 0 Å². The van der Waals surface area contributed by atoms with Gasteiger partial charge in [0.25, 0.3) is 0 Å². The van der Waals surface area contributed by atoms with Crippen LogP contribution >= 0.6 is 0 Å². The minimum atomic E-state index is 0.332. The second-order valence-corrected chi connectivity index (χ2v) is 12.0. The Balaban J connectivity index is 1.49. The highest BCUT2D eigenvalue weighted by Gasteiger charge is 2.59. The highest BCUT2D eigenvalue weighted by Crippen LogP contribution is 2.67. The molecular formula is C27H44O. The smallest absolute Gasteiger partial charge is 0.155 e. The first kappa shape index (κ1) is 20.7. The normalized spacial score (nSPS) is 43.9. The second-order valence-electron chi connectivity index (χ2n) is 12.0. The summed E-state index contributed by atoms with van der Waals surface area (Å²) in [6.45, 7) is 12.5. The van der Waals surface area contributed by atoms with E-state index < -0.39 is 0 Å². The van der Waals surface area contributed by atoms with Gasteiger partial charge in [-0.2, -0.15) is 0 Å². The van der Waals surface area contributed by atoms with Crippen LogP contribution in [0.15, 0.2) is 11.6 Å². The first-order chi connectivity index (χ1) is 13.3. The average Bonchev–Trinajstić information content (AvgIpc) is 2.99. The molecular weight excluding hydrogens is 342 g/mol. The van der Waals surface area contributed by atoms with Crippen LogP contribution in [0.3, 0.4) is 0 Å². The van der Waals surface area contributed by atoms with E-state index in [1.165, 1.54) is 63.4 Å². The predicted molar refractivity (Wildman–Crippen MR) is 118 cm³/mol. The van der Waals surface area contributed by atoms with Gasteiger partial charge in [-0.3, -0.25) is 4.79 Å². The minimum Gasteiger partial charge on any atom is -0.295 e. The lowest BCUT2D eigenvalue weighted by atomic mass is 9.47. The van der Waals surface area contributed by atoms with E-state index in [-0.39, 0.29) is 0 Å². The van der Waals surface area contributed by atoms with E-state index in [4.69, 9.17) is 0 Å². The molecule has 0 aliphatic heterocycles. The molecule has 1 heteroatoms.